The van der Waals surface area contributed by atoms with E-state index >= 15 is 0 Å². The van der Waals surface area contributed by atoms with Crippen molar-refractivity contribution >= 4 is 5.91 Å². The number of rotatable bonds is 7. The molecule has 25 heavy (non-hydrogen) atoms. The highest BCUT2D eigenvalue weighted by atomic mass is 16.5. The molecule has 3 atom stereocenters. The molecule has 6 heteroatoms. The van der Waals surface area contributed by atoms with Gasteiger partial charge in [-0.2, -0.15) is 5.10 Å². The molecule has 4 rings (SSSR count). The molecule has 138 valence electrons. The van der Waals surface area contributed by atoms with Gasteiger partial charge in [-0.3, -0.25) is 9.48 Å². The van der Waals surface area contributed by atoms with Gasteiger partial charge in [0, 0.05) is 45.6 Å². The molecule has 0 radical (unpaired) electrons. The number of fused-ring (bicyclic) bond motifs is 1. The van der Waals surface area contributed by atoms with Crippen molar-refractivity contribution in [3.05, 3.63) is 18.5 Å². The van der Waals surface area contributed by atoms with Gasteiger partial charge < -0.3 is 14.4 Å². The van der Waals surface area contributed by atoms with E-state index in [2.05, 4.69) is 10.00 Å². The van der Waals surface area contributed by atoms with E-state index < -0.39 is 0 Å². The molecule has 0 unspecified atom stereocenters. The number of carbonyl (C=O) groups excluding carboxylic acids is 1. The second-order valence-corrected chi connectivity index (χ2v) is 7.81. The number of nitrogens with zero attached hydrogens (tertiary/aromatic N) is 3. The van der Waals surface area contributed by atoms with Crippen LogP contribution in [0.25, 0.3) is 0 Å². The number of amides is 1. The summed E-state index contributed by atoms with van der Waals surface area (Å²) in [6.07, 6.45) is 10.9. The molecule has 1 aromatic rings. The summed E-state index contributed by atoms with van der Waals surface area (Å²) < 4.78 is 13.9. The Kier molecular flexibility index (Phi) is 4.82. The van der Waals surface area contributed by atoms with Crippen LogP contribution in [0.5, 0.6) is 0 Å². The van der Waals surface area contributed by atoms with Gasteiger partial charge in [0.25, 0.3) is 0 Å². The summed E-state index contributed by atoms with van der Waals surface area (Å²) in [5.41, 5.74) is -0.166. The highest BCUT2D eigenvalue weighted by molar-refractivity contribution is 5.77. The number of hydrogen-bond acceptors (Lipinski definition) is 4. The largest absolute Gasteiger partial charge is 0.378 e. The van der Waals surface area contributed by atoms with E-state index in [4.69, 9.17) is 9.47 Å². The van der Waals surface area contributed by atoms with Gasteiger partial charge in [-0.15, -0.1) is 0 Å². The molecule has 1 aliphatic heterocycles. The summed E-state index contributed by atoms with van der Waals surface area (Å²) >= 11 is 0. The molecule has 1 saturated heterocycles. The minimum atomic E-state index is -0.166. The molecule has 0 N–H and O–H groups in total. The molecule has 0 bridgehead atoms. The summed E-state index contributed by atoms with van der Waals surface area (Å²) in [6.45, 7) is 2.33. The van der Waals surface area contributed by atoms with Gasteiger partial charge in [0.2, 0.25) is 5.91 Å². The fourth-order valence-corrected chi connectivity index (χ4v) is 4.46. The molecular weight excluding hydrogens is 318 g/mol. The van der Waals surface area contributed by atoms with Gasteiger partial charge in [-0.25, -0.2) is 0 Å². The van der Waals surface area contributed by atoms with Crippen LogP contribution in [0.1, 0.15) is 44.9 Å². The van der Waals surface area contributed by atoms with Crippen LogP contribution in [0, 0.1) is 5.92 Å². The van der Waals surface area contributed by atoms with Crippen LogP contribution in [0.2, 0.25) is 0 Å². The van der Waals surface area contributed by atoms with Crippen molar-refractivity contribution in [2.45, 2.75) is 69.2 Å². The Balaban J connectivity index is 1.38. The first kappa shape index (κ1) is 17.0. The Hall–Kier alpha value is -1.40. The maximum atomic E-state index is 12.8. The predicted molar refractivity (Wildman–Crippen MR) is 93.0 cm³/mol. The van der Waals surface area contributed by atoms with Crippen molar-refractivity contribution in [2.24, 2.45) is 5.92 Å². The Labute approximate surface area is 149 Å². The molecule has 1 amide bonds. The van der Waals surface area contributed by atoms with Crippen molar-refractivity contribution in [1.29, 1.82) is 0 Å². The summed E-state index contributed by atoms with van der Waals surface area (Å²) in [5, 5.41) is 4.19. The SMILES string of the molecule is CO[C@@]12CC[C@H](OCC3CC3)C[C@@H]1N(C(=O)CCn1cccn1)CC2. The monoisotopic (exact) mass is 347 g/mol. The van der Waals surface area contributed by atoms with E-state index in [9.17, 15) is 4.79 Å². The van der Waals surface area contributed by atoms with E-state index in [1.54, 1.807) is 13.3 Å². The van der Waals surface area contributed by atoms with Gasteiger partial charge in [-0.05, 0) is 50.5 Å². The second kappa shape index (κ2) is 7.08. The first-order valence-electron chi connectivity index (χ1n) is 9.64. The number of likely N-dealkylation sites (tertiary alicyclic amines) is 1. The molecule has 2 saturated carbocycles. The number of hydrogen-bond donors (Lipinski definition) is 0. The van der Waals surface area contributed by atoms with Crippen LogP contribution in [0.4, 0.5) is 0 Å². The summed E-state index contributed by atoms with van der Waals surface area (Å²) in [6, 6.07) is 2.04. The summed E-state index contributed by atoms with van der Waals surface area (Å²) in [4.78, 5) is 14.9. The smallest absolute Gasteiger partial charge is 0.224 e. The molecule has 6 nitrogen and oxygen atoms in total. The normalized spacial score (nSPS) is 32.0. The highest BCUT2D eigenvalue weighted by Crippen LogP contribution is 2.43. The van der Waals surface area contributed by atoms with Gasteiger partial charge in [0.1, 0.15) is 0 Å². The minimum Gasteiger partial charge on any atom is -0.378 e. The zero-order chi connectivity index (χ0) is 17.3. The fraction of sp³-hybridized carbons (Fsp3) is 0.789. The molecule has 3 aliphatic rings. The number of carbonyl (C=O) groups is 1. The Morgan fingerprint density at radius 2 is 2.20 bits per heavy atom. The van der Waals surface area contributed by atoms with Crippen molar-refractivity contribution in [1.82, 2.24) is 14.7 Å². The quantitative estimate of drug-likeness (QED) is 0.759. The molecule has 1 aromatic heterocycles. The van der Waals surface area contributed by atoms with Crippen LogP contribution >= 0.6 is 0 Å². The summed E-state index contributed by atoms with van der Waals surface area (Å²) in [5.74, 6) is 0.992. The number of aryl methyl sites for hydroxylation is 1. The fourth-order valence-electron chi connectivity index (χ4n) is 4.46. The van der Waals surface area contributed by atoms with Crippen LogP contribution < -0.4 is 0 Å². The Morgan fingerprint density at radius 1 is 1.32 bits per heavy atom. The van der Waals surface area contributed by atoms with E-state index in [-0.39, 0.29) is 23.7 Å². The van der Waals surface area contributed by atoms with Crippen molar-refractivity contribution < 1.29 is 14.3 Å². The third-order valence-corrected chi connectivity index (χ3v) is 6.24. The zero-order valence-corrected chi connectivity index (χ0v) is 15.1. The van der Waals surface area contributed by atoms with Crippen LogP contribution in [-0.2, 0) is 20.8 Å². The average molecular weight is 347 g/mol. The summed E-state index contributed by atoms with van der Waals surface area (Å²) in [7, 11) is 1.80. The predicted octanol–water partition coefficient (Wildman–Crippen LogP) is 2.24. The van der Waals surface area contributed by atoms with Gasteiger partial charge in [-0.1, -0.05) is 0 Å². The van der Waals surface area contributed by atoms with Crippen LogP contribution in [0.3, 0.4) is 0 Å². The minimum absolute atomic E-state index is 0.153. The lowest BCUT2D eigenvalue weighted by atomic mass is 9.79. The third kappa shape index (κ3) is 3.60. The first-order valence-corrected chi connectivity index (χ1v) is 9.64. The standard InChI is InChI=1S/C19H29N3O3/c1-24-19-7-5-16(25-14-15-3-4-15)13-17(19)22(12-8-19)18(23)6-11-21-10-2-9-20-21/h2,9-10,15-17H,3-8,11-14H2,1H3/t16-,17-,19+/m0/s1. The van der Waals surface area contributed by atoms with Crippen molar-refractivity contribution in [2.75, 3.05) is 20.3 Å². The first-order chi connectivity index (χ1) is 12.2. The van der Waals surface area contributed by atoms with Gasteiger partial charge in [0.15, 0.2) is 0 Å². The molecular formula is C19H29N3O3. The van der Waals surface area contributed by atoms with Crippen LogP contribution in [0.15, 0.2) is 18.5 Å². The maximum Gasteiger partial charge on any atom is 0.224 e. The molecule has 2 aliphatic carbocycles. The maximum absolute atomic E-state index is 12.8. The lowest BCUT2D eigenvalue weighted by Crippen LogP contribution is -2.53. The Bertz CT molecular complexity index is 587. The second-order valence-electron chi connectivity index (χ2n) is 7.81. The van der Waals surface area contributed by atoms with Crippen molar-refractivity contribution in [3.8, 4) is 0 Å². The van der Waals surface area contributed by atoms with E-state index in [1.165, 1.54) is 12.8 Å². The number of ether oxygens (including phenoxy) is 2. The van der Waals surface area contributed by atoms with Gasteiger partial charge >= 0.3 is 0 Å². The zero-order valence-electron chi connectivity index (χ0n) is 15.1. The lowest BCUT2D eigenvalue weighted by Gasteiger charge is -2.43. The van der Waals surface area contributed by atoms with Gasteiger partial charge in [0.05, 0.1) is 17.7 Å². The number of methoxy groups -OCH3 is 1. The average Bonchev–Trinajstić information content (AvgIpc) is 3.17. The molecule has 0 spiro atoms. The topological polar surface area (TPSA) is 56.6 Å². The van der Waals surface area contributed by atoms with Crippen molar-refractivity contribution in [3.63, 3.8) is 0 Å². The van der Waals surface area contributed by atoms with E-state index in [0.29, 0.717) is 13.0 Å². The van der Waals surface area contributed by atoms with E-state index in [1.807, 2.05) is 16.9 Å². The van der Waals surface area contributed by atoms with Crippen LogP contribution in [-0.4, -0.2) is 58.6 Å². The molecule has 3 fully saturated rings. The third-order valence-electron chi connectivity index (χ3n) is 6.24. The lowest BCUT2D eigenvalue weighted by molar-refractivity contribution is -0.142. The van der Waals surface area contributed by atoms with E-state index in [0.717, 1.165) is 44.8 Å². The molecule has 0 aromatic carbocycles. The Morgan fingerprint density at radius 3 is 2.92 bits per heavy atom. The number of aromatic nitrogens is 2. The highest BCUT2D eigenvalue weighted by Gasteiger charge is 2.52. The molecule has 2 heterocycles.